The average molecular weight is 407 g/mol. The number of carbonyl (C=O) groups is 1. The lowest BCUT2D eigenvalue weighted by molar-refractivity contribution is 0.0793. The molecule has 2 aromatic heterocycles. The van der Waals surface area contributed by atoms with Crippen LogP contribution in [0.15, 0.2) is 53.3 Å². The van der Waals surface area contributed by atoms with Gasteiger partial charge in [-0.3, -0.25) is 9.59 Å². The molecule has 148 valence electrons. The van der Waals surface area contributed by atoms with Crippen molar-refractivity contribution in [3.8, 4) is 0 Å². The third kappa shape index (κ3) is 3.84. The van der Waals surface area contributed by atoms with Crippen LogP contribution in [0, 0.1) is 0 Å². The number of unbranched alkanes of at least 4 members (excludes halogenated alkanes) is 1. The van der Waals surface area contributed by atoms with Gasteiger partial charge in [-0.25, -0.2) is 4.98 Å². The maximum Gasteiger partial charge on any atom is 0.283 e. The normalized spacial score (nSPS) is 11.1. The van der Waals surface area contributed by atoms with Crippen molar-refractivity contribution < 1.29 is 4.79 Å². The van der Waals surface area contributed by atoms with Crippen molar-refractivity contribution in [1.29, 1.82) is 0 Å². The molecule has 0 atom stereocenters. The second-order valence-electron chi connectivity index (χ2n) is 6.82. The number of carbonyl (C=O) groups excluding carboxylic acids is 1. The number of nitrogens with one attached hydrogen (secondary N) is 1. The third-order valence-electron chi connectivity index (χ3n) is 4.66. The molecule has 0 aliphatic rings. The van der Waals surface area contributed by atoms with Gasteiger partial charge in [-0.05, 0) is 36.8 Å². The van der Waals surface area contributed by atoms with E-state index in [9.17, 15) is 9.59 Å². The van der Waals surface area contributed by atoms with Crippen LogP contribution >= 0.6 is 11.3 Å². The van der Waals surface area contributed by atoms with Crippen LogP contribution in [0.25, 0.3) is 15.9 Å². The van der Waals surface area contributed by atoms with E-state index >= 15 is 0 Å². The summed E-state index contributed by atoms with van der Waals surface area (Å²) in [6.07, 6.45) is 1.98. The summed E-state index contributed by atoms with van der Waals surface area (Å²) in [4.78, 5) is 32.2. The van der Waals surface area contributed by atoms with Gasteiger partial charge in [0.25, 0.3) is 11.5 Å². The van der Waals surface area contributed by atoms with Gasteiger partial charge in [0.15, 0.2) is 0 Å². The van der Waals surface area contributed by atoms with E-state index in [0.717, 1.165) is 18.5 Å². The molecule has 0 aliphatic carbocycles. The number of amides is 1. The summed E-state index contributed by atoms with van der Waals surface area (Å²) in [5.74, 6) is -0.0712. The van der Waals surface area contributed by atoms with Crippen LogP contribution in [0.2, 0.25) is 0 Å². The van der Waals surface area contributed by atoms with Gasteiger partial charge in [-0.15, -0.1) is 5.10 Å². The largest absolute Gasteiger partial charge is 0.342 e. The second kappa shape index (κ2) is 8.00. The molecule has 0 bridgehead atoms. The molecule has 0 radical (unpaired) electrons. The van der Waals surface area contributed by atoms with Gasteiger partial charge < -0.3 is 10.2 Å². The number of hydrogen-bond acceptors (Lipinski definition) is 6. The molecular weight excluding hydrogens is 386 g/mol. The maximum absolute atomic E-state index is 12.9. The fourth-order valence-electron chi connectivity index (χ4n) is 3.05. The molecule has 2 heterocycles. The monoisotopic (exact) mass is 407 g/mol. The number of rotatable bonds is 6. The van der Waals surface area contributed by atoms with Crippen molar-refractivity contribution in [1.82, 2.24) is 19.5 Å². The molecule has 0 saturated carbocycles. The SMILES string of the molecule is CCCCN(C)C(=O)c1ccc2c(=O)n3nc(Nc4ccccc4)sc3nc2c1. The molecule has 7 nitrogen and oxygen atoms in total. The summed E-state index contributed by atoms with van der Waals surface area (Å²) in [6.45, 7) is 2.79. The Morgan fingerprint density at radius 2 is 2.00 bits per heavy atom. The molecule has 0 unspecified atom stereocenters. The number of aromatic nitrogens is 3. The van der Waals surface area contributed by atoms with E-state index in [1.165, 1.54) is 15.9 Å². The van der Waals surface area contributed by atoms with Crippen molar-refractivity contribution in [3.63, 3.8) is 0 Å². The van der Waals surface area contributed by atoms with Crippen LogP contribution in [0.4, 0.5) is 10.8 Å². The Balaban J connectivity index is 1.71. The lowest BCUT2D eigenvalue weighted by Gasteiger charge is -2.16. The molecule has 0 fully saturated rings. The summed E-state index contributed by atoms with van der Waals surface area (Å²) < 4.78 is 1.30. The first-order valence-electron chi connectivity index (χ1n) is 9.48. The van der Waals surface area contributed by atoms with Gasteiger partial charge in [0.2, 0.25) is 10.1 Å². The fourth-order valence-corrected chi connectivity index (χ4v) is 3.87. The van der Waals surface area contributed by atoms with Crippen LogP contribution in [-0.4, -0.2) is 39.0 Å². The molecule has 0 saturated heterocycles. The van der Waals surface area contributed by atoms with Gasteiger partial charge >= 0.3 is 0 Å². The van der Waals surface area contributed by atoms with E-state index in [1.807, 2.05) is 30.3 Å². The highest BCUT2D eigenvalue weighted by molar-refractivity contribution is 7.20. The smallest absolute Gasteiger partial charge is 0.283 e. The van der Waals surface area contributed by atoms with Crippen LogP contribution in [0.1, 0.15) is 30.1 Å². The van der Waals surface area contributed by atoms with E-state index in [2.05, 4.69) is 22.3 Å². The van der Waals surface area contributed by atoms with Gasteiger partial charge in [-0.2, -0.15) is 4.52 Å². The molecule has 1 N–H and O–H groups in total. The Hall–Kier alpha value is -3.26. The Morgan fingerprint density at radius 3 is 2.76 bits per heavy atom. The van der Waals surface area contributed by atoms with Gasteiger partial charge in [0, 0.05) is 24.8 Å². The Kier molecular flexibility index (Phi) is 5.26. The van der Waals surface area contributed by atoms with Crippen LogP contribution in [0.5, 0.6) is 0 Å². The highest BCUT2D eigenvalue weighted by atomic mass is 32.1. The second-order valence-corrected chi connectivity index (χ2v) is 7.78. The van der Waals surface area contributed by atoms with E-state index in [-0.39, 0.29) is 11.5 Å². The van der Waals surface area contributed by atoms with Crippen LogP contribution < -0.4 is 10.9 Å². The zero-order valence-corrected chi connectivity index (χ0v) is 17.1. The predicted octanol–water partition coefficient (Wildman–Crippen LogP) is 3.92. The standard InChI is InChI=1S/C21H21N5O2S/c1-3-4-12-25(2)18(27)14-10-11-16-17(13-14)23-21-26(19(16)28)24-20(29-21)22-15-8-6-5-7-9-15/h5-11,13H,3-4,12H2,1-2H3,(H,22,24). The maximum atomic E-state index is 12.9. The van der Waals surface area contributed by atoms with Crippen LogP contribution in [-0.2, 0) is 0 Å². The highest BCUT2D eigenvalue weighted by Gasteiger charge is 2.15. The van der Waals surface area contributed by atoms with Crippen molar-refractivity contribution in [2.45, 2.75) is 19.8 Å². The van der Waals surface area contributed by atoms with E-state index in [1.54, 1.807) is 30.1 Å². The van der Waals surface area contributed by atoms with Crippen molar-refractivity contribution in [3.05, 3.63) is 64.4 Å². The van der Waals surface area contributed by atoms with Crippen molar-refractivity contribution in [2.24, 2.45) is 0 Å². The Bertz CT molecular complexity index is 1230. The first-order valence-corrected chi connectivity index (χ1v) is 10.3. The topological polar surface area (TPSA) is 79.6 Å². The summed E-state index contributed by atoms with van der Waals surface area (Å²) in [5, 5.41) is 8.55. The first kappa shape index (κ1) is 19.1. The van der Waals surface area contributed by atoms with Gasteiger partial charge in [0.1, 0.15) is 0 Å². The Labute approximate surface area is 171 Å². The van der Waals surface area contributed by atoms with Gasteiger partial charge in [-0.1, -0.05) is 42.9 Å². The zero-order chi connectivity index (χ0) is 20.4. The number of hydrogen-bond donors (Lipinski definition) is 1. The molecule has 2 aromatic carbocycles. The minimum atomic E-state index is -0.249. The third-order valence-corrected chi connectivity index (χ3v) is 5.49. The van der Waals surface area contributed by atoms with E-state index in [4.69, 9.17) is 0 Å². The summed E-state index contributed by atoms with van der Waals surface area (Å²) >= 11 is 1.29. The van der Waals surface area contributed by atoms with Crippen molar-refractivity contribution >= 4 is 43.9 Å². The molecule has 4 aromatic rings. The Morgan fingerprint density at radius 1 is 1.21 bits per heavy atom. The zero-order valence-electron chi connectivity index (χ0n) is 16.3. The first-order chi connectivity index (χ1) is 14.1. The summed E-state index contributed by atoms with van der Waals surface area (Å²) in [7, 11) is 1.79. The quantitative estimate of drug-likeness (QED) is 0.524. The summed E-state index contributed by atoms with van der Waals surface area (Å²) in [5.41, 5.74) is 1.66. The lowest BCUT2D eigenvalue weighted by atomic mass is 10.1. The fraction of sp³-hybridized carbons (Fsp3) is 0.238. The predicted molar refractivity (Wildman–Crippen MR) is 116 cm³/mol. The number of para-hydroxylation sites is 1. The van der Waals surface area contributed by atoms with Crippen LogP contribution in [0.3, 0.4) is 0 Å². The summed E-state index contributed by atoms with van der Waals surface area (Å²) in [6, 6.07) is 14.6. The molecule has 1 amide bonds. The molecule has 0 aliphatic heterocycles. The highest BCUT2D eigenvalue weighted by Crippen LogP contribution is 2.23. The lowest BCUT2D eigenvalue weighted by Crippen LogP contribution is -2.27. The molecular formula is C21H21N5O2S. The molecule has 0 spiro atoms. The molecule has 29 heavy (non-hydrogen) atoms. The minimum Gasteiger partial charge on any atom is -0.342 e. The number of fused-ring (bicyclic) bond motifs is 2. The molecule has 4 rings (SSSR count). The average Bonchev–Trinajstić information content (AvgIpc) is 3.14. The van der Waals surface area contributed by atoms with E-state index in [0.29, 0.717) is 33.1 Å². The number of benzene rings is 2. The minimum absolute atomic E-state index is 0.0712. The van der Waals surface area contributed by atoms with Gasteiger partial charge in [0.05, 0.1) is 10.9 Å². The van der Waals surface area contributed by atoms with Crippen molar-refractivity contribution in [2.75, 3.05) is 18.9 Å². The number of nitrogens with zero attached hydrogens (tertiary/aromatic N) is 4. The molecule has 8 heteroatoms. The van der Waals surface area contributed by atoms with E-state index < -0.39 is 0 Å². The number of anilines is 2.